The molecule has 1 aromatic carbocycles. The average Bonchev–Trinajstić information content (AvgIpc) is 2.98. The number of nitrogens with zero attached hydrogens (tertiary/aromatic N) is 3. The molecule has 2 heterocycles. The summed E-state index contributed by atoms with van der Waals surface area (Å²) in [7, 11) is -3.84. The number of aromatic carboxylic acids is 1. The van der Waals surface area contributed by atoms with Crippen molar-refractivity contribution >= 4 is 16.0 Å². The average molecular weight is 365 g/mol. The predicted octanol–water partition coefficient (Wildman–Crippen LogP) is 1.15. The van der Waals surface area contributed by atoms with Crippen LogP contribution in [0.5, 0.6) is 0 Å². The number of carbonyl (C=O) groups is 1. The van der Waals surface area contributed by atoms with Gasteiger partial charge < -0.3 is 10.2 Å². The molecule has 0 saturated carbocycles. The van der Waals surface area contributed by atoms with Gasteiger partial charge in [-0.25, -0.2) is 13.2 Å². The third-order valence-electron chi connectivity index (χ3n) is 4.26. The minimum Gasteiger partial charge on any atom is -0.478 e. The maximum absolute atomic E-state index is 13.0. The molecule has 2 aromatic rings. The number of hydrogen-bond acceptors (Lipinski definition) is 5. The van der Waals surface area contributed by atoms with Crippen molar-refractivity contribution in [2.75, 3.05) is 6.54 Å². The fourth-order valence-corrected chi connectivity index (χ4v) is 4.48. The van der Waals surface area contributed by atoms with Gasteiger partial charge in [0.25, 0.3) is 0 Å². The quantitative estimate of drug-likeness (QED) is 0.840. The standard InChI is InChI=1S/C16H19N3O5S/c1-10-3-4-12(16(21)22)7-15(10)25(23,24)18-5-6-19-13(9-18)8-14(17-19)11(2)20/h3-4,7-8,11,20H,5-6,9H2,1-2H3,(H,21,22)/t11-/m1/s1. The van der Waals surface area contributed by atoms with Crippen LogP contribution in [0, 0.1) is 6.92 Å². The van der Waals surface area contributed by atoms with Crippen LogP contribution in [-0.4, -0.2) is 45.2 Å². The monoisotopic (exact) mass is 365 g/mol. The molecule has 0 saturated heterocycles. The van der Waals surface area contributed by atoms with Gasteiger partial charge in [0.05, 0.1) is 41.0 Å². The lowest BCUT2D eigenvalue weighted by Gasteiger charge is -2.27. The summed E-state index contributed by atoms with van der Waals surface area (Å²) in [4.78, 5) is 11.2. The third-order valence-corrected chi connectivity index (χ3v) is 6.25. The highest BCUT2D eigenvalue weighted by Crippen LogP contribution is 2.26. The van der Waals surface area contributed by atoms with Gasteiger partial charge in [-0.2, -0.15) is 9.40 Å². The highest BCUT2D eigenvalue weighted by atomic mass is 32.2. The number of sulfonamides is 1. The molecular formula is C16H19N3O5S. The molecule has 25 heavy (non-hydrogen) atoms. The Kier molecular flexibility index (Phi) is 4.40. The fourth-order valence-electron chi connectivity index (χ4n) is 2.82. The van der Waals surface area contributed by atoms with E-state index in [1.54, 1.807) is 24.6 Å². The number of aryl methyl sites for hydroxylation is 1. The molecule has 0 bridgehead atoms. The second kappa shape index (κ2) is 6.25. The van der Waals surface area contributed by atoms with Gasteiger partial charge in [0.2, 0.25) is 10.0 Å². The smallest absolute Gasteiger partial charge is 0.335 e. The summed E-state index contributed by atoms with van der Waals surface area (Å²) in [5, 5.41) is 23.0. The molecule has 9 heteroatoms. The molecule has 0 fully saturated rings. The number of aliphatic hydroxyl groups is 1. The van der Waals surface area contributed by atoms with Gasteiger partial charge in [-0.15, -0.1) is 0 Å². The predicted molar refractivity (Wildman–Crippen MR) is 88.6 cm³/mol. The molecule has 2 N–H and O–H groups in total. The molecule has 134 valence electrons. The fraction of sp³-hybridized carbons (Fsp3) is 0.375. The number of hydrogen-bond donors (Lipinski definition) is 2. The molecule has 0 amide bonds. The Balaban J connectivity index is 1.96. The van der Waals surface area contributed by atoms with E-state index in [2.05, 4.69) is 5.10 Å². The van der Waals surface area contributed by atoms with E-state index in [1.807, 2.05) is 0 Å². The molecule has 0 unspecified atom stereocenters. The number of aromatic nitrogens is 2. The van der Waals surface area contributed by atoms with Crippen LogP contribution in [0.1, 0.15) is 40.3 Å². The van der Waals surface area contributed by atoms with Crippen molar-refractivity contribution in [3.05, 3.63) is 46.8 Å². The first-order valence-electron chi connectivity index (χ1n) is 7.79. The second-order valence-corrected chi connectivity index (χ2v) is 7.99. The lowest BCUT2D eigenvalue weighted by Crippen LogP contribution is -2.38. The van der Waals surface area contributed by atoms with Crippen molar-refractivity contribution in [2.24, 2.45) is 0 Å². The maximum Gasteiger partial charge on any atom is 0.335 e. The summed E-state index contributed by atoms with van der Waals surface area (Å²) in [6, 6.07) is 5.76. The first kappa shape index (κ1) is 17.6. The lowest BCUT2D eigenvalue weighted by molar-refractivity contribution is 0.0696. The van der Waals surface area contributed by atoms with Crippen LogP contribution in [0.4, 0.5) is 0 Å². The molecule has 0 spiro atoms. The maximum atomic E-state index is 13.0. The van der Waals surface area contributed by atoms with Crippen LogP contribution >= 0.6 is 0 Å². The van der Waals surface area contributed by atoms with Gasteiger partial charge in [0.15, 0.2) is 0 Å². The number of carboxylic acid groups (broad SMARTS) is 1. The van der Waals surface area contributed by atoms with Crippen LogP contribution in [-0.2, 0) is 23.1 Å². The molecule has 1 aliphatic heterocycles. The SMILES string of the molecule is Cc1ccc(C(=O)O)cc1S(=O)(=O)N1CCn2nc([C@@H](C)O)cc2C1. The minimum atomic E-state index is -3.84. The van der Waals surface area contributed by atoms with E-state index in [9.17, 15) is 18.3 Å². The topological polar surface area (TPSA) is 113 Å². The van der Waals surface area contributed by atoms with Crippen LogP contribution in [0.15, 0.2) is 29.2 Å². The third kappa shape index (κ3) is 3.17. The normalized spacial score (nSPS) is 16.4. The Bertz CT molecular complexity index is 933. The minimum absolute atomic E-state index is 0.00360. The first-order valence-corrected chi connectivity index (χ1v) is 9.23. The molecule has 0 radical (unpaired) electrons. The number of aliphatic hydroxyl groups excluding tert-OH is 1. The van der Waals surface area contributed by atoms with E-state index < -0.39 is 22.1 Å². The summed E-state index contributed by atoms with van der Waals surface area (Å²) in [5.74, 6) is -1.17. The van der Waals surface area contributed by atoms with Gasteiger partial charge in [0.1, 0.15) is 0 Å². The molecule has 8 nitrogen and oxygen atoms in total. The molecule has 1 atom stereocenters. The molecular weight excluding hydrogens is 346 g/mol. The highest BCUT2D eigenvalue weighted by molar-refractivity contribution is 7.89. The van der Waals surface area contributed by atoms with Crippen molar-refractivity contribution in [1.82, 2.24) is 14.1 Å². The molecule has 1 aliphatic rings. The number of fused-ring (bicyclic) bond motifs is 1. The Morgan fingerprint density at radius 1 is 1.28 bits per heavy atom. The Hall–Kier alpha value is -2.23. The zero-order valence-electron chi connectivity index (χ0n) is 13.9. The van der Waals surface area contributed by atoms with Crippen molar-refractivity contribution in [1.29, 1.82) is 0 Å². The Morgan fingerprint density at radius 2 is 2.00 bits per heavy atom. The molecule has 0 aliphatic carbocycles. The second-order valence-electron chi connectivity index (χ2n) is 6.08. The molecule has 3 rings (SSSR count). The summed E-state index contributed by atoms with van der Waals surface area (Å²) < 4.78 is 29.0. The van der Waals surface area contributed by atoms with E-state index in [1.165, 1.54) is 22.5 Å². The van der Waals surface area contributed by atoms with Crippen molar-refractivity contribution < 1.29 is 23.4 Å². The van der Waals surface area contributed by atoms with Gasteiger partial charge >= 0.3 is 5.97 Å². The summed E-state index contributed by atoms with van der Waals surface area (Å²) in [6.07, 6.45) is -0.724. The largest absolute Gasteiger partial charge is 0.478 e. The number of benzene rings is 1. The lowest BCUT2D eigenvalue weighted by atomic mass is 10.1. The number of rotatable bonds is 4. The summed E-state index contributed by atoms with van der Waals surface area (Å²) >= 11 is 0. The van der Waals surface area contributed by atoms with Gasteiger partial charge in [-0.1, -0.05) is 6.07 Å². The van der Waals surface area contributed by atoms with Crippen molar-refractivity contribution in [2.45, 2.75) is 37.9 Å². The zero-order valence-corrected chi connectivity index (χ0v) is 14.7. The van der Waals surface area contributed by atoms with E-state index in [4.69, 9.17) is 5.11 Å². The van der Waals surface area contributed by atoms with Crippen LogP contribution < -0.4 is 0 Å². The Labute approximate surface area is 145 Å². The van der Waals surface area contributed by atoms with Gasteiger partial charge in [-0.05, 0) is 37.6 Å². The van der Waals surface area contributed by atoms with E-state index in [0.717, 1.165) is 0 Å². The van der Waals surface area contributed by atoms with Crippen LogP contribution in [0.3, 0.4) is 0 Å². The molecule has 1 aromatic heterocycles. The zero-order chi connectivity index (χ0) is 18.4. The highest BCUT2D eigenvalue weighted by Gasteiger charge is 2.31. The van der Waals surface area contributed by atoms with Crippen molar-refractivity contribution in [3.8, 4) is 0 Å². The summed E-state index contributed by atoms with van der Waals surface area (Å²) in [5.41, 5.74) is 1.62. The number of carboxylic acids is 1. The van der Waals surface area contributed by atoms with Crippen LogP contribution in [0.2, 0.25) is 0 Å². The Morgan fingerprint density at radius 3 is 2.64 bits per heavy atom. The summed E-state index contributed by atoms with van der Waals surface area (Å²) in [6.45, 7) is 3.96. The van der Waals surface area contributed by atoms with Crippen molar-refractivity contribution in [3.63, 3.8) is 0 Å². The van der Waals surface area contributed by atoms with Crippen LogP contribution in [0.25, 0.3) is 0 Å². The van der Waals surface area contributed by atoms with E-state index >= 15 is 0 Å². The van der Waals surface area contributed by atoms with E-state index in [0.29, 0.717) is 23.5 Å². The first-order chi connectivity index (χ1) is 11.7. The van der Waals surface area contributed by atoms with Gasteiger partial charge in [-0.3, -0.25) is 4.68 Å². The van der Waals surface area contributed by atoms with E-state index in [-0.39, 0.29) is 23.5 Å². The van der Waals surface area contributed by atoms with Gasteiger partial charge in [0, 0.05) is 6.54 Å².